The van der Waals surface area contributed by atoms with Gasteiger partial charge in [0, 0.05) is 0 Å². The van der Waals surface area contributed by atoms with E-state index in [4.69, 9.17) is 17.3 Å². The van der Waals surface area contributed by atoms with Gasteiger partial charge in [0.15, 0.2) is 0 Å². The Kier molecular flexibility index (Phi) is 3.54. The zero-order chi connectivity index (χ0) is 11.6. The van der Waals surface area contributed by atoms with Crippen molar-refractivity contribution < 1.29 is 13.2 Å². The van der Waals surface area contributed by atoms with Crippen molar-refractivity contribution >= 4 is 32.8 Å². The minimum Gasteiger partial charge on any atom is -0.352 e. The van der Waals surface area contributed by atoms with Gasteiger partial charge in [-0.15, -0.1) is 0 Å². The van der Waals surface area contributed by atoms with Crippen LogP contribution in [0.2, 0.25) is 0 Å². The van der Waals surface area contributed by atoms with Gasteiger partial charge in [0.2, 0.25) is 10.3 Å². The number of hydrogen-bond donors (Lipinski definition) is 2. The molecule has 0 aliphatic heterocycles. The molecule has 0 aromatic carbocycles. The summed E-state index contributed by atoms with van der Waals surface area (Å²) in [6.07, 6.45) is 3.14. The fourth-order valence-electron chi connectivity index (χ4n) is 1.18. The van der Waals surface area contributed by atoms with Gasteiger partial charge >= 0.3 is 6.03 Å². The van der Waals surface area contributed by atoms with E-state index < -0.39 is 22.4 Å². The Morgan fingerprint density at radius 2 is 2.20 bits per heavy atom. The van der Waals surface area contributed by atoms with Gasteiger partial charge in [-0.05, 0) is 12.5 Å². The summed E-state index contributed by atoms with van der Waals surface area (Å²) in [5, 5.41) is 2.38. The number of halogens is 1. The largest absolute Gasteiger partial charge is 0.352 e. The first-order valence-corrected chi connectivity index (χ1v) is 5.45. The number of primary amides is 1. The number of carbonyl (C=O) groups excluding carboxylic acids is 1. The molecule has 5 nitrogen and oxygen atoms in total. The van der Waals surface area contributed by atoms with Crippen LogP contribution in [0.25, 0.3) is 0 Å². The number of nitrogens with one attached hydrogen (secondary N) is 1. The van der Waals surface area contributed by atoms with E-state index in [0.717, 1.165) is 0 Å². The fraction of sp³-hybridized carbons (Fsp3) is 0.250. The van der Waals surface area contributed by atoms with Gasteiger partial charge in [-0.1, -0.05) is 23.8 Å². The molecule has 1 atom stereocenters. The SMILES string of the molecule is CC1=C(Cl)C(=S(=O)=O)C(NC(N)=O)C=C1. The Hall–Kier alpha value is -1.27. The molecule has 15 heavy (non-hydrogen) atoms. The predicted molar refractivity (Wildman–Crippen MR) is 58.1 cm³/mol. The number of nitrogens with two attached hydrogens (primary N) is 1. The predicted octanol–water partition coefficient (Wildman–Crippen LogP) is 0.157. The quantitative estimate of drug-likeness (QED) is 0.648. The Bertz CT molecular complexity index is 482. The van der Waals surface area contributed by atoms with Crippen LogP contribution in [0.4, 0.5) is 4.79 Å². The smallest absolute Gasteiger partial charge is 0.312 e. The second-order valence-corrected chi connectivity index (χ2v) is 4.23. The van der Waals surface area contributed by atoms with Gasteiger partial charge in [0.25, 0.3) is 0 Å². The summed E-state index contributed by atoms with van der Waals surface area (Å²) >= 11 is 5.81. The van der Waals surface area contributed by atoms with E-state index in [1.807, 2.05) is 0 Å². The third-order valence-corrected chi connectivity index (χ3v) is 3.29. The number of amides is 2. The fourth-order valence-corrected chi connectivity index (χ4v) is 2.20. The van der Waals surface area contributed by atoms with Crippen molar-refractivity contribution in [2.75, 3.05) is 0 Å². The second kappa shape index (κ2) is 4.50. The monoisotopic (exact) mass is 248 g/mol. The molecule has 0 spiro atoms. The third kappa shape index (κ3) is 2.60. The van der Waals surface area contributed by atoms with Crippen molar-refractivity contribution in [2.24, 2.45) is 5.73 Å². The Labute approximate surface area is 93.1 Å². The maximum absolute atomic E-state index is 10.9. The first-order chi connectivity index (χ1) is 6.93. The molecule has 1 unspecified atom stereocenters. The van der Waals surface area contributed by atoms with Crippen LogP contribution in [0.15, 0.2) is 22.8 Å². The highest BCUT2D eigenvalue weighted by Gasteiger charge is 2.23. The summed E-state index contributed by atoms with van der Waals surface area (Å²) in [5.41, 5.74) is 5.53. The summed E-state index contributed by atoms with van der Waals surface area (Å²) in [6.45, 7) is 1.67. The lowest BCUT2D eigenvalue weighted by atomic mass is 10.0. The van der Waals surface area contributed by atoms with E-state index in [-0.39, 0.29) is 9.90 Å². The molecule has 0 heterocycles. The van der Waals surface area contributed by atoms with Crippen molar-refractivity contribution in [2.45, 2.75) is 13.0 Å². The summed E-state index contributed by atoms with van der Waals surface area (Å²) < 4.78 is 21.8. The molecule has 2 amide bonds. The molecular formula is C8H9ClN2O3S. The van der Waals surface area contributed by atoms with Crippen LogP contribution in [-0.4, -0.2) is 25.4 Å². The van der Waals surface area contributed by atoms with Crippen molar-refractivity contribution in [3.63, 3.8) is 0 Å². The number of hydrogen-bond acceptors (Lipinski definition) is 3. The summed E-state index contributed by atoms with van der Waals surface area (Å²) in [7, 11) is -2.49. The lowest BCUT2D eigenvalue weighted by Gasteiger charge is -2.18. The van der Waals surface area contributed by atoms with Crippen molar-refractivity contribution in [3.8, 4) is 0 Å². The van der Waals surface area contributed by atoms with Gasteiger partial charge in [-0.25, -0.2) is 4.79 Å². The van der Waals surface area contributed by atoms with Gasteiger partial charge < -0.3 is 11.1 Å². The molecule has 1 aliphatic rings. The maximum Gasteiger partial charge on any atom is 0.312 e. The molecule has 0 radical (unpaired) electrons. The first kappa shape index (κ1) is 11.8. The zero-order valence-electron chi connectivity index (χ0n) is 7.82. The second-order valence-electron chi connectivity index (χ2n) is 2.94. The Balaban J connectivity index is 3.21. The molecule has 1 rings (SSSR count). The molecule has 7 heteroatoms. The van der Waals surface area contributed by atoms with Crippen molar-refractivity contribution in [3.05, 3.63) is 22.8 Å². The zero-order valence-corrected chi connectivity index (χ0v) is 9.39. The van der Waals surface area contributed by atoms with E-state index in [2.05, 4.69) is 5.32 Å². The highest BCUT2D eigenvalue weighted by atomic mass is 35.5. The molecule has 1 aliphatic carbocycles. The molecule has 0 fully saturated rings. The summed E-state index contributed by atoms with van der Waals surface area (Å²) in [5.74, 6) is 0. The van der Waals surface area contributed by atoms with Crippen LogP contribution in [0.5, 0.6) is 0 Å². The van der Waals surface area contributed by atoms with E-state index >= 15 is 0 Å². The lowest BCUT2D eigenvalue weighted by molar-refractivity contribution is 0.249. The molecule has 0 aromatic rings. The van der Waals surface area contributed by atoms with Gasteiger partial charge in [0.05, 0.1) is 11.1 Å². The van der Waals surface area contributed by atoms with Crippen LogP contribution < -0.4 is 11.1 Å². The number of allylic oxidation sites excluding steroid dienone is 2. The Morgan fingerprint density at radius 1 is 1.60 bits per heavy atom. The van der Waals surface area contributed by atoms with E-state index in [9.17, 15) is 13.2 Å². The lowest BCUT2D eigenvalue weighted by Crippen LogP contribution is -2.43. The number of urea groups is 1. The number of rotatable bonds is 1. The van der Waals surface area contributed by atoms with Crippen LogP contribution in [0.3, 0.4) is 0 Å². The minimum atomic E-state index is -2.49. The average molecular weight is 249 g/mol. The van der Waals surface area contributed by atoms with Gasteiger partial charge in [-0.2, -0.15) is 8.42 Å². The van der Waals surface area contributed by atoms with E-state index in [0.29, 0.717) is 5.57 Å². The van der Waals surface area contributed by atoms with E-state index in [1.54, 1.807) is 13.0 Å². The summed E-state index contributed by atoms with van der Waals surface area (Å²) in [6, 6.07) is -1.60. The van der Waals surface area contributed by atoms with Crippen molar-refractivity contribution in [1.29, 1.82) is 0 Å². The molecule has 0 aromatic heterocycles. The summed E-state index contributed by atoms with van der Waals surface area (Å²) in [4.78, 5) is 10.6. The Morgan fingerprint density at radius 3 is 2.67 bits per heavy atom. The highest BCUT2D eigenvalue weighted by molar-refractivity contribution is 7.73. The van der Waals surface area contributed by atoms with Crippen LogP contribution in [0.1, 0.15) is 6.92 Å². The van der Waals surface area contributed by atoms with Gasteiger partial charge in [-0.3, -0.25) is 0 Å². The first-order valence-electron chi connectivity index (χ1n) is 4.00. The molecule has 0 saturated carbocycles. The molecule has 3 N–H and O–H groups in total. The van der Waals surface area contributed by atoms with Crippen LogP contribution in [0, 0.1) is 0 Å². The van der Waals surface area contributed by atoms with Crippen molar-refractivity contribution in [1.82, 2.24) is 5.32 Å². The minimum absolute atomic E-state index is 0.0736. The normalized spacial score (nSPS) is 20.4. The maximum atomic E-state index is 10.9. The highest BCUT2D eigenvalue weighted by Crippen LogP contribution is 2.19. The van der Waals surface area contributed by atoms with Gasteiger partial charge in [0.1, 0.15) is 4.86 Å². The standard InChI is InChI=1S/C8H9ClN2O3S/c1-4-2-3-5(11-8(10)12)7(6(4)9)15(13)14/h2-3,5H,1H3,(H3,10,11,12). The molecule has 0 bridgehead atoms. The molecule has 82 valence electrons. The van der Waals surface area contributed by atoms with E-state index in [1.165, 1.54) is 6.08 Å². The average Bonchev–Trinajstić information content (AvgIpc) is 2.10. The van der Waals surface area contributed by atoms with Crippen LogP contribution in [-0.2, 0) is 10.3 Å². The molecular weight excluding hydrogens is 240 g/mol. The molecule has 0 saturated heterocycles. The van der Waals surface area contributed by atoms with Crippen LogP contribution >= 0.6 is 11.6 Å². The topological polar surface area (TPSA) is 89.3 Å². The third-order valence-electron chi connectivity index (χ3n) is 1.86. The number of carbonyl (C=O) groups is 1.